The van der Waals surface area contributed by atoms with Crippen molar-refractivity contribution in [1.29, 1.82) is 0 Å². The van der Waals surface area contributed by atoms with Crippen LogP contribution >= 0.6 is 0 Å². The third kappa shape index (κ3) is 13.4. The fourth-order valence-electron chi connectivity index (χ4n) is 6.85. The fraction of sp³-hybridized carbons (Fsp3) is 0.383. The highest BCUT2D eigenvalue weighted by atomic mass is 16.5. The van der Waals surface area contributed by atoms with Gasteiger partial charge in [0, 0.05) is 62.6 Å². The van der Waals surface area contributed by atoms with Crippen LogP contribution in [0.5, 0.6) is 11.5 Å². The molecule has 0 bridgehead atoms. The summed E-state index contributed by atoms with van der Waals surface area (Å²) >= 11 is 0. The Hall–Kier alpha value is -7.81. The van der Waals surface area contributed by atoms with Gasteiger partial charge in [0.1, 0.15) is 40.5 Å². The number of aliphatic imine (C=N–C) groups is 1. The summed E-state index contributed by atoms with van der Waals surface area (Å²) < 4.78 is 16.9. The molecular weight excluding hydrogens is 873 g/mol. The normalized spacial score (nSPS) is 11.9. The Morgan fingerprint density at radius 2 is 1.41 bits per heavy atom. The number of carbonyl (C=O) groups excluding carboxylic acids is 5. The number of methoxy groups -OCH3 is 1. The number of nitrogens with zero attached hydrogens (tertiary/aromatic N) is 9. The number of rotatable bonds is 24. The highest BCUT2D eigenvalue weighted by Crippen LogP contribution is 2.33. The van der Waals surface area contributed by atoms with Gasteiger partial charge in [0.25, 0.3) is 11.8 Å². The van der Waals surface area contributed by atoms with Crippen molar-refractivity contribution in [3.63, 3.8) is 0 Å². The first-order valence-electron chi connectivity index (χ1n) is 22.3. The van der Waals surface area contributed by atoms with Gasteiger partial charge in [0.05, 0.1) is 23.8 Å². The maximum Gasteiger partial charge on any atom is 0.276 e. The van der Waals surface area contributed by atoms with E-state index in [2.05, 4.69) is 30.6 Å². The lowest BCUT2D eigenvalue weighted by Crippen LogP contribution is -2.32. The Bertz CT molecular complexity index is 2720. The van der Waals surface area contributed by atoms with Crippen LogP contribution in [0.2, 0.25) is 0 Å². The molecule has 3 aromatic heterocycles. The summed E-state index contributed by atoms with van der Waals surface area (Å²) in [6.07, 6.45) is 9.42. The van der Waals surface area contributed by atoms with Crippen LogP contribution < -0.4 is 37.3 Å². The average Bonchev–Trinajstić information content (AvgIpc) is 3.99. The minimum Gasteiger partial charge on any atom is -0.494 e. The number of imidazole rings is 2. The Morgan fingerprint density at radius 1 is 0.824 bits per heavy atom. The molecule has 0 aliphatic rings. The molecule has 68 heavy (non-hydrogen) atoms. The van der Waals surface area contributed by atoms with Crippen molar-refractivity contribution in [1.82, 2.24) is 38.7 Å². The molecule has 5 amide bonds. The van der Waals surface area contributed by atoms with Gasteiger partial charge >= 0.3 is 0 Å². The van der Waals surface area contributed by atoms with E-state index in [0.29, 0.717) is 65.3 Å². The van der Waals surface area contributed by atoms with Crippen molar-refractivity contribution in [2.45, 2.75) is 68.1 Å². The summed E-state index contributed by atoms with van der Waals surface area (Å²) in [5, 5.41) is 10.1. The molecule has 0 unspecified atom stereocenters. The number of aryl methyl sites for hydroxylation is 2. The van der Waals surface area contributed by atoms with Gasteiger partial charge in [-0.05, 0) is 83.8 Å². The van der Waals surface area contributed by atoms with E-state index in [4.69, 9.17) is 31.7 Å². The van der Waals surface area contributed by atoms with Gasteiger partial charge in [0.15, 0.2) is 0 Å². The van der Waals surface area contributed by atoms with Crippen LogP contribution in [0.25, 0.3) is 22.1 Å². The Morgan fingerprint density at radius 3 is 1.94 bits per heavy atom. The minimum absolute atomic E-state index is 0.0512. The zero-order valence-corrected chi connectivity index (χ0v) is 40.3. The molecule has 0 saturated carbocycles. The molecule has 2 aromatic carbocycles. The number of primary amides is 2. The van der Waals surface area contributed by atoms with Gasteiger partial charge in [-0.1, -0.05) is 39.0 Å². The molecule has 3 heterocycles. The van der Waals surface area contributed by atoms with Crippen molar-refractivity contribution in [3.05, 3.63) is 88.9 Å². The third-order valence-corrected chi connectivity index (χ3v) is 10.3. The molecule has 0 aliphatic heterocycles. The summed E-state index contributed by atoms with van der Waals surface area (Å²) in [6.45, 7) is 16.6. The van der Waals surface area contributed by atoms with Crippen LogP contribution in [0.4, 0.5) is 11.9 Å². The first-order valence-corrected chi connectivity index (χ1v) is 22.3. The Balaban J connectivity index is 0.00000497. The zero-order chi connectivity index (χ0) is 50.1. The Kier molecular flexibility index (Phi) is 19.6. The van der Waals surface area contributed by atoms with Crippen LogP contribution in [-0.2, 0) is 29.2 Å². The lowest BCUT2D eigenvalue weighted by Gasteiger charge is -2.19. The second-order valence-electron chi connectivity index (χ2n) is 15.1. The molecule has 0 fully saturated rings. The predicted molar refractivity (Wildman–Crippen MR) is 264 cm³/mol. The third-order valence-electron chi connectivity index (χ3n) is 10.3. The van der Waals surface area contributed by atoms with Crippen LogP contribution in [0.15, 0.2) is 71.4 Å². The molecule has 364 valence electrons. The first kappa shape index (κ1) is 52.8. The highest BCUT2D eigenvalue weighted by molar-refractivity contribution is 6.47. The van der Waals surface area contributed by atoms with Gasteiger partial charge in [0.2, 0.25) is 30.1 Å². The number of ether oxygens (including phenoxy) is 2. The van der Waals surface area contributed by atoms with E-state index in [1.54, 1.807) is 63.8 Å². The number of hydrogen-bond acceptors (Lipinski definition) is 13. The van der Waals surface area contributed by atoms with Crippen molar-refractivity contribution < 1.29 is 33.4 Å². The number of allylic oxidation sites excluding steroid dienone is 3. The predicted octanol–water partition coefficient (Wildman–Crippen LogP) is 4.26. The summed E-state index contributed by atoms with van der Waals surface area (Å²) in [5.41, 5.74) is 20.6. The molecule has 5 rings (SSSR count). The maximum atomic E-state index is 13.7. The standard InChI is InChI=1S/C45H58N14O7.C2H6/c1-8-49-34(21-28(4)46)42(63)52-44-51-33-24-31(41(48)62)26-37(66-20-14-13-15-56(27-60)19-18-55(6)9-2)39(33)58(44)17-12-11-16-57-38-32(23-30(40(47)61)25-36(38)65-7)50-45(57)53-43(64)35-22-29(5)54-59(35)10-3;1-2/h11-14,21-27H,8-10,15-20,46H2,1-7H3,(H2,47,61)(H2,48,62)(H,50,53,64)(H,51,52,63);1-2H3/b12-11+,14-13+,28-21-,49-34?;. The molecule has 0 radical (unpaired) electrons. The average molecular weight is 937 g/mol. The van der Waals surface area contributed by atoms with Crippen LogP contribution in [-0.4, -0.2) is 128 Å². The van der Waals surface area contributed by atoms with E-state index in [1.807, 2.05) is 40.8 Å². The topological polar surface area (TPSA) is 278 Å². The molecule has 8 N–H and O–H groups in total. The number of nitrogens with two attached hydrogens (primary N) is 3. The van der Waals surface area contributed by atoms with Crippen LogP contribution in [0.3, 0.4) is 0 Å². The number of carbonyl (C=O) groups is 5. The van der Waals surface area contributed by atoms with E-state index in [9.17, 15) is 24.0 Å². The van der Waals surface area contributed by atoms with Crippen molar-refractivity contribution in [2.24, 2.45) is 22.2 Å². The molecule has 0 saturated heterocycles. The summed E-state index contributed by atoms with van der Waals surface area (Å²) in [4.78, 5) is 81.4. The second kappa shape index (κ2) is 25.2. The summed E-state index contributed by atoms with van der Waals surface area (Å²) in [5.74, 6) is -1.67. The minimum atomic E-state index is -0.722. The highest BCUT2D eigenvalue weighted by Gasteiger charge is 2.23. The number of aromatic nitrogens is 6. The van der Waals surface area contributed by atoms with Crippen LogP contribution in [0.1, 0.15) is 78.4 Å². The van der Waals surface area contributed by atoms with E-state index >= 15 is 0 Å². The number of nitrogens with one attached hydrogen (secondary N) is 2. The number of benzene rings is 2. The van der Waals surface area contributed by atoms with Crippen molar-refractivity contribution in [3.8, 4) is 11.5 Å². The van der Waals surface area contributed by atoms with Crippen LogP contribution in [0, 0.1) is 6.92 Å². The van der Waals surface area contributed by atoms with Gasteiger partial charge < -0.3 is 45.6 Å². The van der Waals surface area contributed by atoms with E-state index in [0.717, 1.165) is 19.5 Å². The van der Waals surface area contributed by atoms with Crippen molar-refractivity contribution >= 4 is 69.7 Å². The molecule has 21 heteroatoms. The number of likely N-dealkylation sites (N-methyl/N-ethyl adjacent to an activating group) is 1. The summed E-state index contributed by atoms with van der Waals surface area (Å²) in [7, 11) is 3.43. The van der Waals surface area contributed by atoms with E-state index in [-0.39, 0.29) is 59.9 Å². The zero-order valence-electron chi connectivity index (χ0n) is 40.3. The Labute approximate surface area is 395 Å². The van der Waals surface area contributed by atoms with Gasteiger partial charge in [-0.15, -0.1) is 0 Å². The number of fused-ring (bicyclic) bond motifs is 2. The molecule has 0 aliphatic carbocycles. The van der Waals surface area contributed by atoms with E-state index < -0.39 is 23.6 Å². The van der Waals surface area contributed by atoms with Gasteiger partial charge in [-0.2, -0.15) is 5.10 Å². The van der Waals surface area contributed by atoms with Gasteiger partial charge in [-0.3, -0.25) is 44.3 Å². The smallest absolute Gasteiger partial charge is 0.276 e. The summed E-state index contributed by atoms with van der Waals surface area (Å²) in [6, 6.07) is 7.69. The van der Waals surface area contributed by atoms with Gasteiger partial charge in [-0.25, -0.2) is 9.97 Å². The van der Waals surface area contributed by atoms with Crippen molar-refractivity contribution in [2.75, 3.05) is 64.1 Å². The number of amides is 5. The number of anilines is 2. The van der Waals surface area contributed by atoms with E-state index in [1.165, 1.54) is 37.5 Å². The lowest BCUT2D eigenvalue weighted by atomic mass is 10.1. The lowest BCUT2D eigenvalue weighted by molar-refractivity contribution is -0.117. The maximum absolute atomic E-state index is 13.7. The quantitative estimate of drug-likeness (QED) is 0.0330. The largest absolute Gasteiger partial charge is 0.494 e. The second-order valence-corrected chi connectivity index (χ2v) is 15.1. The molecule has 0 atom stereocenters. The SMILES string of the molecule is CC.CCN=C(/C=C(/C)N)C(=O)Nc1nc2cc(C(N)=O)cc(OC/C=C/CN(C=O)CCN(C)CC)c2n1C/C=C/Cn1c(NC(=O)c2cc(C)nn2CC)nc2cc(C(N)=O)cc(OC)c21. The first-order chi connectivity index (χ1) is 32.6. The molecule has 5 aromatic rings. The fourth-order valence-corrected chi connectivity index (χ4v) is 6.85. The number of hydrogen-bond donors (Lipinski definition) is 5. The monoisotopic (exact) mass is 937 g/mol. The molecular formula is C47H64N14O7. The molecule has 21 nitrogen and oxygen atoms in total. The molecule has 0 spiro atoms.